The number of aryl methyl sites for hydroxylation is 1. The van der Waals surface area contributed by atoms with E-state index in [1.165, 1.54) is 12.1 Å². The highest BCUT2D eigenvalue weighted by Gasteiger charge is 2.43. The summed E-state index contributed by atoms with van der Waals surface area (Å²) in [6.07, 6.45) is 1.23. The Balaban J connectivity index is 1.59. The van der Waals surface area contributed by atoms with Crippen LogP contribution in [0.15, 0.2) is 59.7 Å². The molecular weight excluding hydrogens is 354 g/mol. The van der Waals surface area contributed by atoms with Crippen LogP contribution in [-0.4, -0.2) is 22.1 Å². The van der Waals surface area contributed by atoms with Crippen molar-refractivity contribution in [3.63, 3.8) is 0 Å². The molecule has 0 bridgehead atoms. The third kappa shape index (κ3) is 2.52. The van der Waals surface area contributed by atoms with E-state index in [1.807, 2.05) is 46.9 Å². The summed E-state index contributed by atoms with van der Waals surface area (Å²) in [6, 6.07) is 12.5. The molecule has 1 unspecified atom stereocenters. The minimum Gasteiger partial charge on any atom is -0.395 e. The van der Waals surface area contributed by atoms with E-state index in [0.29, 0.717) is 5.69 Å². The van der Waals surface area contributed by atoms with Gasteiger partial charge in [0.25, 0.3) is 0 Å². The molecule has 3 aromatic rings. The van der Waals surface area contributed by atoms with Gasteiger partial charge in [-0.2, -0.15) is 0 Å². The molecular formula is C19H14F2N4O2. The number of halogens is 2. The fourth-order valence-corrected chi connectivity index (χ4v) is 3.37. The van der Waals surface area contributed by atoms with E-state index in [9.17, 15) is 8.78 Å². The number of imidazole rings is 1. The van der Waals surface area contributed by atoms with Gasteiger partial charge in [0, 0.05) is 24.2 Å². The first-order chi connectivity index (χ1) is 13.0. The van der Waals surface area contributed by atoms with E-state index in [4.69, 9.17) is 0 Å². The number of rotatable bonds is 2. The second kappa shape index (κ2) is 5.54. The van der Waals surface area contributed by atoms with Gasteiger partial charge < -0.3 is 14.4 Å². The summed E-state index contributed by atoms with van der Waals surface area (Å²) in [6.45, 7) is 1.91. The average Bonchev–Trinajstić information content (AvgIpc) is 3.14. The maximum atomic E-state index is 13.3. The van der Waals surface area contributed by atoms with Crippen molar-refractivity contribution in [2.75, 3.05) is 4.90 Å². The molecule has 1 atom stereocenters. The molecule has 27 heavy (non-hydrogen) atoms. The largest absolute Gasteiger partial charge is 0.586 e. The highest BCUT2D eigenvalue weighted by molar-refractivity contribution is 5.78. The zero-order chi connectivity index (χ0) is 18.6. The van der Waals surface area contributed by atoms with Crippen LogP contribution >= 0.6 is 0 Å². The van der Waals surface area contributed by atoms with Crippen molar-refractivity contribution in [3.8, 4) is 11.5 Å². The van der Waals surface area contributed by atoms with Crippen molar-refractivity contribution in [1.29, 1.82) is 0 Å². The molecule has 0 saturated heterocycles. The predicted molar refractivity (Wildman–Crippen MR) is 96.3 cm³/mol. The lowest BCUT2D eigenvalue weighted by Crippen LogP contribution is -2.29. The van der Waals surface area contributed by atoms with E-state index in [2.05, 4.69) is 19.5 Å². The number of hydrogen-bond donors (Lipinski definition) is 0. The fourth-order valence-electron chi connectivity index (χ4n) is 3.37. The lowest BCUT2D eigenvalue weighted by atomic mass is 10.2. The molecule has 5 rings (SSSR count). The van der Waals surface area contributed by atoms with E-state index >= 15 is 0 Å². The number of fused-ring (bicyclic) bond motifs is 2. The van der Waals surface area contributed by atoms with Crippen molar-refractivity contribution in [2.24, 2.45) is 4.99 Å². The minimum absolute atomic E-state index is 0.00795. The number of nitrogens with zero attached hydrogens (tertiary/aromatic N) is 4. The second-order valence-electron chi connectivity index (χ2n) is 6.21. The third-order valence-corrected chi connectivity index (χ3v) is 4.49. The highest BCUT2D eigenvalue weighted by atomic mass is 19.3. The van der Waals surface area contributed by atoms with Gasteiger partial charge in [0.05, 0.1) is 11.0 Å². The molecule has 6 nitrogen and oxygen atoms in total. The Kier molecular flexibility index (Phi) is 3.24. The van der Waals surface area contributed by atoms with Crippen LogP contribution in [0.1, 0.15) is 12.1 Å². The summed E-state index contributed by atoms with van der Waals surface area (Å²) in [7, 11) is 0. The van der Waals surface area contributed by atoms with Crippen LogP contribution < -0.4 is 14.4 Å². The molecule has 2 aliphatic rings. The van der Waals surface area contributed by atoms with Crippen LogP contribution in [-0.2, 0) is 0 Å². The minimum atomic E-state index is -3.65. The summed E-state index contributed by atoms with van der Waals surface area (Å²) in [5.74, 6) is 0.798. The number of hydrogen-bond acceptors (Lipinski definition) is 5. The predicted octanol–water partition coefficient (Wildman–Crippen LogP) is 4.23. The Morgan fingerprint density at radius 1 is 1.07 bits per heavy atom. The summed E-state index contributed by atoms with van der Waals surface area (Å²) in [5, 5.41) is 0. The van der Waals surface area contributed by atoms with Gasteiger partial charge in [-0.1, -0.05) is 12.1 Å². The molecule has 3 heterocycles. The monoisotopic (exact) mass is 368 g/mol. The zero-order valence-electron chi connectivity index (χ0n) is 14.2. The fraction of sp³-hybridized carbons (Fsp3) is 0.158. The van der Waals surface area contributed by atoms with Gasteiger partial charge in [0.1, 0.15) is 5.82 Å². The number of ether oxygens (including phenoxy) is 2. The van der Waals surface area contributed by atoms with Crippen molar-refractivity contribution in [1.82, 2.24) is 9.55 Å². The normalized spacial score (nSPS) is 19.8. The van der Waals surface area contributed by atoms with Gasteiger partial charge in [0.2, 0.25) is 6.29 Å². The smallest absolute Gasteiger partial charge is 0.395 e. The highest BCUT2D eigenvalue weighted by Crippen LogP contribution is 2.44. The molecule has 1 aromatic heterocycles. The molecule has 0 saturated carbocycles. The van der Waals surface area contributed by atoms with Crippen molar-refractivity contribution in [3.05, 3.63) is 60.6 Å². The quantitative estimate of drug-likeness (QED) is 0.679. The lowest BCUT2D eigenvalue weighted by Gasteiger charge is -2.31. The van der Waals surface area contributed by atoms with Gasteiger partial charge in [-0.05, 0) is 37.3 Å². The number of allylic oxidation sites excluding steroid dienone is 1. The lowest BCUT2D eigenvalue weighted by molar-refractivity contribution is -0.286. The number of benzene rings is 2. The Morgan fingerprint density at radius 3 is 2.78 bits per heavy atom. The van der Waals surface area contributed by atoms with E-state index in [-0.39, 0.29) is 11.5 Å². The van der Waals surface area contributed by atoms with Crippen LogP contribution in [0.3, 0.4) is 0 Å². The summed E-state index contributed by atoms with van der Waals surface area (Å²) < 4.78 is 37.7. The number of alkyl halides is 2. The van der Waals surface area contributed by atoms with Gasteiger partial charge >= 0.3 is 6.29 Å². The van der Waals surface area contributed by atoms with E-state index in [1.54, 1.807) is 18.4 Å². The molecule has 0 aliphatic carbocycles. The molecule has 8 heteroatoms. The Hall–Kier alpha value is -3.42. The second-order valence-corrected chi connectivity index (χ2v) is 6.21. The third-order valence-electron chi connectivity index (χ3n) is 4.49. The molecule has 136 valence electrons. The molecule has 0 fully saturated rings. The summed E-state index contributed by atoms with van der Waals surface area (Å²) in [4.78, 5) is 11.0. The molecule has 0 amide bonds. The van der Waals surface area contributed by atoms with E-state index in [0.717, 1.165) is 16.9 Å². The van der Waals surface area contributed by atoms with Crippen LogP contribution in [0.25, 0.3) is 11.0 Å². The SMILES string of the molecule is Cc1nc2ccccc2n1C1N=CC=CN1c1ccc2c(c1)OC(F)(F)O2. The first-order valence-electron chi connectivity index (χ1n) is 8.34. The Bertz CT molecular complexity index is 1110. The molecule has 2 aromatic carbocycles. The average molecular weight is 368 g/mol. The van der Waals surface area contributed by atoms with Gasteiger partial charge in [-0.3, -0.25) is 4.57 Å². The Morgan fingerprint density at radius 2 is 1.89 bits per heavy atom. The number of para-hydroxylation sites is 2. The van der Waals surface area contributed by atoms with Crippen molar-refractivity contribution in [2.45, 2.75) is 19.5 Å². The number of anilines is 1. The zero-order valence-corrected chi connectivity index (χ0v) is 14.2. The Labute approximate surface area is 153 Å². The van der Waals surface area contributed by atoms with Crippen LogP contribution in [0.5, 0.6) is 11.5 Å². The molecule has 2 aliphatic heterocycles. The molecule has 0 radical (unpaired) electrons. The van der Waals surface area contributed by atoms with Crippen LogP contribution in [0.4, 0.5) is 14.5 Å². The van der Waals surface area contributed by atoms with Crippen molar-refractivity contribution < 1.29 is 18.3 Å². The van der Waals surface area contributed by atoms with Gasteiger partial charge in [-0.25, -0.2) is 9.98 Å². The molecule has 0 spiro atoms. The van der Waals surface area contributed by atoms with E-state index < -0.39 is 12.6 Å². The first-order valence-corrected chi connectivity index (χ1v) is 8.34. The number of aliphatic imine (C=N–C) groups is 1. The van der Waals surface area contributed by atoms with Crippen molar-refractivity contribution >= 4 is 22.9 Å². The number of aromatic nitrogens is 2. The van der Waals surface area contributed by atoms with Gasteiger partial charge in [0.15, 0.2) is 11.5 Å². The topological polar surface area (TPSA) is 51.9 Å². The first kappa shape index (κ1) is 15.8. The summed E-state index contributed by atoms with van der Waals surface area (Å²) in [5.41, 5.74) is 2.44. The maximum absolute atomic E-state index is 13.3. The van der Waals surface area contributed by atoms with Crippen LogP contribution in [0.2, 0.25) is 0 Å². The van der Waals surface area contributed by atoms with Gasteiger partial charge in [-0.15, -0.1) is 8.78 Å². The maximum Gasteiger partial charge on any atom is 0.586 e. The van der Waals surface area contributed by atoms with Crippen LogP contribution in [0, 0.1) is 6.92 Å². The standard InChI is InChI=1S/C19H14F2N4O2/c1-12-23-14-5-2-3-6-15(14)25(12)18-22-9-4-10-24(18)13-7-8-16-17(11-13)27-19(20,21)26-16/h2-11,18H,1H3. The summed E-state index contributed by atoms with van der Waals surface area (Å²) >= 11 is 0. The molecule has 0 N–H and O–H groups in total.